The highest BCUT2D eigenvalue weighted by atomic mass is 32.2. The fraction of sp³-hybridized carbons (Fsp3) is 0.909. The first-order valence-corrected chi connectivity index (χ1v) is 7.72. The molecule has 1 fully saturated rings. The van der Waals surface area contributed by atoms with Gasteiger partial charge in [-0.2, -0.15) is 0 Å². The molecule has 17 heavy (non-hydrogen) atoms. The van der Waals surface area contributed by atoms with E-state index in [1.54, 1.807) is 4.31 Å². The summed E-state index contributed by atoms with van der Waals surface area (Å²) in [5.41, 5.74) is 0. The van der Waals surface area contributed by atoms with Crippen molar-refractivity contribution in [2.45, 2.75) is 39.0 Å². The summed E-state index contributed by atoms with van der Waals surface area (Å²) in [7, 11) is -3.17. The molecule has 1 unspecified atom stereocenters. The van der Waals surface area contributed by atoms with E-state index in [1.807, 2.05) is 0 Å². The number of hydrogen-bond donors (Lipinski definition) is 1. The van der Waals surface area contributed by atoms with Crippen molar-refractivity contribution in [3.05, 3.63) is 0 Å². The van der Waals surface area contributed by atoms with Crippen molar-refractivity contribution < 1.29 is 18.3 Å². The monoisotopic (exact) mass is 263 g/mol. The average Bonchev–Trinajstić information content (AvgIpc) is 2.24. The van der Waals surface area contributed by atoms with Crippen LogP contribution in [0.4, 0.5) is 0 Å². The van der Waals surface area contributed by atoms with Gasteiger partial charge >= 0.3 is 5.97 Å². The number of unbranched alkanes of at least 4 members (excludes halogenated alkanes) is 1. The van der Waals surface area contributed by atoms with Crippen LogP contribution in [-0.4, -0.2) is 42.6 Å². The van der Waals surface area contributed by atoms with Gasteiger partial charge in [-0.05, 0) is 31.6 Å². The molecular formula is C11H21NO4S. The minimum absolute atomic E-state index is 0.0475. The Morgan fingerprint density at radius 2 is 2.12 bits per heavy atom. The van der Waals surface area contributed by atoms with Gasteiger partial charge in [0, 0.05) is 19.5 Å². The summed E-state index contributed by atoms with van der Waals surface area (Å²) < 4.78 is 25.5. The van der Waals surface area contributed by atoms with E-state index in [9.17, 15) is 13.2 Å². The van der Waals surface area contributed by atoms with Gasteiger partial charge in [0.15, 0.2) is 0 Å². The first-order valence-electron chi connectivity index (χ1n) is 6.11. The van der Waals surface area contributed by atoms with E-state index in [-0.39, 0.29) is 12.2 Å². The Bertz CT molecular complexity index is 352. The highest BCUT2D eigenvalue weighted by molar-refractivity contribution is 7.89. The maximum Gasteiger partial charge on any atom is 0.303 e. The van der Waals surface area contributed by atoms with Crippen molar-refractivity contribution in [1.82, 2.24) is 4.31 Å². The molecule has 0 bridgehead atoms. The lowest BCUT2D eigenvalue weighted by molar-refractivity contribution is -0.137. The standard InChI is InChI=1S/C11H21NO4S/c1-10-5-4-7-12(9-10)17(15,16)8-3-2-6-11(13)14/h10H,2-9H2,1H3,(H,13,14). The molecule has 0 aromatic heterocycles. The maximum atomic E-state index is 12.0. The highest BCUT2D eigenvalue weighted by Gasteiger charge is 2.26. The van der Waals surface area contributed by atoms with E-state index in [0.29, 0.717) is 31.8 Å². The van der Waals surface area contributed by atoms with Crippen LogP contribution >= 0.6 is 0 Å². The van der Waals surface area contributed by atoms with Crippen LogP contribution in [0, 0.1) is 5.92 Å². The molecule has 0 radical (unpaired) electrons. The van der Waals surface area contributed by atoms with Crippen LogP contribution in [0.15, 0.2) is 0 Å². The van der Waals surface area contributed by atoms with Gasteiger partial charge in [0.25, 0.3) is 0 Å². The van der Waals surface area contributed by atoms with E-state index in [1.165, 1.54) is 0 Å². The summed E-state index contributed by atoms with van der Waals surface area (Å²) in [5.74, 6) is -0.362. The van der Waals surface area contributed by atoms with Crippen molar-refractivity contribution >= 4 is 16.0 Å². The molecule has 0 saturated carbocycles. The van der Waals surface area contributed by atoms with Gasteiger partial charge in [-0.15, -0.1) is 0 Å². The van der Waals surface area contributed by atoms with Crippen LogP contribution < -0.4 is 0 Å². The Hall–Kier alpha value is -0.620. The van der Waals surface area contributed by atoms with Crippen molar-refractivity contribution in [2.24, 2.45) is 5.92 Å². The summed E-state index contributed by atoms with van der Waals surface area (Å²) >= 11 is 0. The van der Waals surface area contributed by atoms with E-state index in [0.717, 1.165) is 12.8 Å². The van der Waals surface area contributed by atoms with Gasteiger partial charge in [-0.3, -0.25) is 4.79 Å². The fourth-order valence-corrected chi connectivity index (χ4v) is 3.80. The number of carboxylic acids is 1. The number of rotatable bonds is 6. The molecule has 0 amide bonds. The fourth-order valence-electron chi connectivity index (χ4n) is 2.09. The number of nitrogens with zero attached hydrogens (tertiary/aromatic N) is 1. The minimum Gasteiger partial charge on any atom is -0.481 e. The molecule has 0 aliphatic carbocycles. The van der Waals surface area contributed by atoms with Crippen LogP contribution in [0.5, 0.6) is 0 Å². The molecular weight excluding hydrogens is 242 g/mol. The second kappa shape index (κ2) is 6.35. The van der Waals surface area contributed by atoms with Crippen molar-refractivity contribution in [2.75, 3.05) is 18.8 Å². The maximum absolute atomic E-state index is 12.0. The highest BCUT2D eigenvalue weighted by Crippen LogP contribution is 2.19. The van der Waals surface area contributed by atoms with Crippen molar-refractivity contribution in [1.29, 1.82) is 0 Å². The zero-order valence-corrected chi connectivity index (χ0v) is 11.1. The number of aliphatic carboxylic acids is 1. The molecule has 5 nitrogen and oxygen atoms in total. The molecule has 1 rings (SSSR count). The van der Waals surface area contributed by atoms with Gasteiger partial charge < -0.3 is 5.11 Å². The topological polar surface area (TPSA) is 74.7 Å². The van der Waals surface area contributed by atoms with Gasteiger partial charge in [0.05, 0.1) is 5.75 Å². The third-order valence-corrected chi connectivity index (χ3v) is 4.98. The Balaban J connectivity index is 2.37. The molecule has 0 aromatic rings. The normalized spacial score (nSPS) is 22.5. The molecule has 1 N–H and O–H groups in total. The lowest BCUT2D eigenvalue weighted by Gasteiger charge is -2.30. The van der Waals surface area contributed by atoms with Crippen molar-refractivity contribution in [3.63, 3.8) is 0 Å². The van der Waals surface area contributed by atoms with Crippen LogP contribution in [0.25, 0.3) is 0 Å². The van der Waals surface area contributed by atoms with Crippen molar-refractivity contribution in [3.8, 4) is 0 Å². The van der Waals surface area contributed by atoms with E-state index >= 15 is 0 Å². The SMILES string of the molecule is CC1CCCN(S(=O)(=O)CCCCC(=O)O)C1. The largest absolute Gasteiger partial charge is 0.481 e. The quantitative estimate of drug-likeness (QED) is 0.733. The molecule has 1 aliphatic rings. The Morgan fingerprint density at radius 1 is 1.41 bits per heavy atom. The smallest absolute Gasteiger partial charge is 0.303 e. The number of carbonyl (C=O) groups is 1. The molecule has 0 spiro atoms. The summed E-state index contributed by atoms with van der Waals surface area (Å²) in [4.78, 5) is 10.3. The first kappa shape index (κ1) is 14.4. The van der Waals surface area contributed by atoms with Gasteiger partial charge in [0.1, 0.15) is 0 Å². The molecule has 1 saturated heterocycles. The zero-order valence-electron chi connectivity index (χ0n) is 10.3. The van der Waals surface area contributed by atoms with E-state index in [2.05, 4.69) is 6.92 Å². The van der Waals surface area contributed by atoms with E-state index < -0.39 is 16.0 Å². The third kappa shape index (κ3) is 5.04. The Labute approximate surface area is 103 Å². The second-order valence-electron chi connectivity index (χ2n) is 4.77. The van der Waals surface area contributed by atoms with Gasteiger partial charge in [-0.25, -0.2) is 12.7 Å². The molecule has 0 aromatic carbocycles. The molecule has 100 valence electrons. The number of carboxylic acid groups (broad SMARTS) is 1. The molecule has 1 aliphatic heterocycles. The molecule has 1 atom stereocenters. The number of hydrogen-bond acceptors (Lipinski definition) is 3. The van der Waals surface area contributed by atoms with Gasteiger partial charge in [-0.1, -0.05) is 6.92 Å². The number of piperidine rings is 1. The van der Waals surface area contributed by atoms with E-state index in [4.69, 9.17) is 5.11 Å². The van der Waals surface area contributed by atoms with Crippen LogP contribution in [-0.2, 0) is 14.8 Å². The summed E-state index contributed by atoms with van der Waals surface area (Å²) in [6.07, 6.45) is 2.92. The lowest BCUT2D eigenvalue weighted by Crippen LogP contribution is -2.40. The van der Waals surface area contributed by atoms with Gasteiger partial charge in [0.2, 0.25) is 10.0 Å². The zero-order chi connectivity index (χ0) is 12.9. The van der Waals surface area contributed by atoms with Crippen LogP contribution in [0.3, 0.4) is 0 Å². The predicted molar refractivity (Wildman–Crippen MR) is 65.2 cm³/mol. The second-order valence-corrected chi connectivity index (χ2v) is 6.86. The summed E-state index contributed by atoms with van der Waals surface area (Å²) in [6, 6.07) is 0. The predicted octanol–water partition coefficient (Wildman–Crippen LogP) is 1.30. The number of sulfonamides is 1. The molecule has 6 heteroatoms. The van der Waals surface area contributed by atoms with Crippen LogP contribution in [0.2, 0.25) is 0 Å². The Morgan fingerprint density at radius 3 is 2.71 bits per heavy atom. The third-order valence-electron chi connectivity index (χ3n) is 3.06. The average molecular weight is 263 g/mol. The molecule has 1 heterocycles. The van der Waals surface area contributed by atoms with Crippen LogP contribution in [0.1, 0.15) is 39.0 Å². The summed E-state index contributed by atoms with van der Waals surface area (Å²) in [5, 5.41) is 8.47. The first-order chi connectivity index (χ1) is 7.92. The summed E-state index contributed by atoms with van der Waals surface area (Å²) in [6.45, 7) is 3.29. The minimum atomic E-state index is -3.17. The Kier molecular flexibility index (Phi) is 5.39. The lowest BCUT2D eigenvalue weighted by atomic mass is 10.0.